The van der Waals surface area contributed by atoms with Gasteiger partial charge in [0.05, 0.1) is 6.54 Å². The minimum absolute atomic E-state index is 0. The van der Waals surface area contributed by atoms with Crippen LogP contribution in [0, 0.1) is 0 Å². The molecule has 0 bridgehead atoms. The van der Waals surface area contributed by atoms with Crippen LogP contribution in [0.2, 0.25) is 5.02 Å². The van der Waals surface area contributed by atoms with E-state index in [2.05, 4.69) is 20.9 Å². The fraction of sp³-hybridized carbons (Fsp3) is 0.176. The van der Waals surface area contributed by atoms with Gasteiger partial charge in [-0.25, -0.2) is 0 Å². The molecule has 0 radical (unpaired) electrons. The number of benzene rings is 2. The summed E-state index contributed by atoms with van der Waals surface area (Å²) < 4.78 is 0. The number of anilines is 1. The van der Waals surface area contributed by atoms with Crippen LogP contribution < -0.4 is 16.0 Å². The number of hydrogen-bond acceptors (Lipinski definition) is 2. The fourth-order valence-electron chi connectivity index (χ4n) is 1.90. The van der Waals surface area contributed by atoms with Crippen LogP contribution >= 0.6 is 35.6 Å². The Morgan fingerprint density at radius 1 is 1.04 bits per heavy atom. The monoisotopic (exact) mass is 458 g/mol. The van der Waals surface area contributed by atoms with Gasteiger partial charge in [0, 0.05) is 24.3 Å². The quantitative estimate of drug-likeness (QED) is 0.366. The number of rotatable bonds is 5. The molecule has 128 valence electrons. The van der Waals surface area contributed by atoms with E-state index < -0.39 is 0 Å². The molecule has 0 heterocycles. The summed E-state index contributed by atoms with van der Waals surface area (Å²) in [6.07, 6.45) is 0. The third-order valence-corrected chi connectivity index (χ3v) is 3.32. The molecule has 0 atom stereocenters. The highest BCUT2D eigenvalue weighted by atomic mass is 127. The van der Waals surface area contributed by atoms with E-state index in [-0.39, 0.29) is 36.4 Å². The first-order valence-electron chi connectivity index (χ1n) is 7.21. The number of nitrogens with one attached hydrogen (secondary N) is 3. The summed E-state index contributed by atoms with van der Waals surface area (Å²) in [5.74, 6) is 0.425. The third kappa shape index (κ3) is 7.18. The zero-order chi connectivity index (χ0) is 16.5. The summed E-state index contributed by atoms with van der Waals surface area (Å²) >= 11 is 5.85. The summed E-state index contributed by atoms with van der Waals surface area (Å²) in [6, 6.07) is 16.9. The zero-order valence-electron chi connectivity index (χ0n) is 13.3. The molecule has 7 heteroatoms. The van der Waals surface area contributed by atoms with Crippen LogP contribution in [-0.4, -0.2) is 25.5 Å². The van der Waals surface area contributed by atoms with Gasteiger partial charge in [0.15, 0.2) is 5.96 Å². The van der Waals surface area contributed by atoms with Gasteiger partial charge in [-0.2, -0.15) is 0 Å². The number of hydrogen-bond donors (Lipinski definition) is 3. The minimum atomic E-state index is -0.134. The van der Waals surface area contributed by atoms with Crippen LogP contribution in [0.5, 0.6) is 0 Å². The summed E-state index contributed by atoms with van der Waals surface area (Å²) in [5, 5.41) is 9.62. The molecule has 0 saturated carbocycles. The standard InChI is InChI=1S/C17H19ClN4O.HI/c1-19-17(20-11-13-7-9-14(18)10-8-13)21-12-16(23)22-15-5-3-2-4-6-15;/h2-10H,11-12H2,1H3,(H,22,23)(H2,19,20,21);1H. The molecule has 24 heavy (non-hydrogen) atoms. The van der Waals surface area contributed by atoms with Gasteiger partial charge in [-0.05, 0) is 29.8 Å². The molecule has 0 unspecified atom stereocenters. The van der Waals surface area contributed by atoms with Gasteiger partial charge in [0.1, 0.15) is 0 Å². The van der Waals surface area contributed by atoms with Crippen molar-refractivity contribution in [3.63, 3.8) is 0 Å². The number of carbonyl (C=O) groups excluding carboxylic acids is 1. The van der Waals surface area contributed by atoms with Gasteiger partial charge in [-0.3, -0.25) is 9.79 Å². The van der Waals surface area contributed by atoms with Crippen LogP contribution in [0.1, 0.15) is 5.56 Å². The van der Waals surface area contributed by atoms with Crippen LogP contribution in [-0.2, 0) is 11.3 Å². The minimum Gasteiger partial charge on any atom is -0.352 e. The lowest BCUT2D eigenvalue weighted by atomic mass is 10.2. The lowest BCUT2D eigenvalue weighted by Gasteiger charge is -2.12. The van der Waals surface area contributed by atoms with Crippen molar-refractivity contribution in [2.45, 2.75) is 6.54 Å². The predicted octanol–water partition coefficient (Wildman–Crippen LogP) is 3.26. The molecule has 0 aliphatic carbocycles. The number of amides is 1. The molecule has 1 amide bonds. The van der Waals surface area contributed by atoms with E-state index in [1.165, 1.54) is 0 Å². The molecule has 0 aliphatic heterocycles. The van der Waals surface area contributed by atoms with E-state index in [1.807, 2.05) is 54.6 Å². The fourth-order valence-corrected chi connectivity index (χ4v) is 2.03. The first-order chi connectivity index (χ1) is 11.2. The zero-order valence-corrected chi connectivity index (χ0v) is 16.3. The third-order valence-electron chi connectivity index (χ3n) is 3.07. The van der Waals surface area contributed by atoms with Crippen molar-refractivity contribution >= 4 is 53.1 Å². The Morgan fingerprint density at radius 3 is 2.33 bits per heavy atom. The Kier molecular flexibility index (Phi) is 9.18. The summed E-state index contributed by atoms with van der Waals surface area (Å²) in [7, 11) is 1.66. The number of guanidine groups is 1. The molecule has 5 nitrogen and oxygen atoms in total. The van der Waals surface area contributed by atoms with Crippen LogP contribution in [0.15, 0.2) is 59.6 Å². The van der Waals surface area contributed by atoms with Gasteiger partial charge >= 0.3 is 0 Å². The Labute approximate surface area is 163 Å². The summed E-state index contributed by atoms with van der Waals surface area (Å²) in [5.41, 5.74) is 1.84. The van der Waals surface area contributed by atoms with Gasteiger partial charge in [0.25, 0.3) is 0 Å². The highest BCUT2D eigenvalue weighted by molar-refractivity contribution is 14.0. The van der Waals surface area contributed by atoms with E-state index in [0.29, 0.717) is 17.5 Å². The highest BCUT2D eigenvalue weighted by Crippen LogP contribution is 2.09. The highest BCUT2D eigenvalue weighted by Gasteiger charge is 2.04. The molecule has 2 aromatic rings. The largest absolute Gasteiger partial charge is 0.352 e. The van der Waals surface area contributed by atoms with E-state index in [1.54, 1.807) is 7.05 Å². The lowest BCUT2D eigenvalue weighted by Crippen LogP contribution is -2.41. The van der Waals surface area contributed by atoms with E-state index >= 15 is 0 Å². The Morgan fingerprint density at radius 2 is 1.71 bits per heavy atom. The maximum absolute atomic E-state index is 11.9. The number of carbonyl (C=O) groups is 1. The van der Waals surface area contributed by atoms with Crippen LogP contribution in [0.4, 0.5) is 5.69 Å². The van der Waals surface area contributed by atoms with Crippen molar-refractivity contribution < 1.29 is 4.79 Å². The van der Waals surface area contributed by atoms with Crippen molar-refractivity contribution in [3.8, 4) is 0 Å². The SMILES string of the molecule is CN=C(NCC(=O)Nc1ccccc1)NCc1ccc(Cl)cc1.I. The molecule has 2 aromatic carbocycles. The predicted molar refractivity (Wildman–Crippen MR) is 110 cm³/mol. The normalized spacial score (nSPS) is 10.5. The number of aliphatic imine (C=N–C) groups is 1. The topological polar surface area (TPSA) is 65.5 Å². The number of para-hydroxylation sites is 1. The maximum Gasteiger partial charge on any atom is 0.243 e. The molecule has 0 saturated heterocycles. The average Bonchev–Trinajstić information content (AvgIpc) is 2.57. The molecule has 0 spiro atoms. The van der Waals surface area contributed by atoms with Gasteiger partial charge in [0.2, 0.25) is 5.91 Å². The second-order valence-corrected chi connectivity index (χ2v) is 5.26. The van der Waals surface area contributed by atoms with E-state index in [0.717, 1.165) is 11.3 Å². The van der Waals surface area contributed by atoms with Crippen molar-refractivity contribution in [3.05, 3.63) is 65.2 Å². The average molecular weight is 459 g/mol. The maximum atomic E-state index is 11.9. The van der Waals surface area contributed by atoms with E-state index in [9.17, 15) is 4.79 Å². The molecule has 0 fully saturated rings. The van der Waals surface area contributed by atoms with Gasteiger partial charge in [-0.1, -0.05) is 41.9 Å². The second kappa shape index (κ2) is 10.9. The Hall–Kier alpha value is -1.80. The lowest BCUT2D eigenvalue weighted by molar-refractivity contribution is -0.115. The summed E-state index contributed by atoms with van der Waals surface area (Å²) in [6.45, 7) is 0.729. The van der Waals surface area contributed by atoms with Crippen molar-refractivity contribution in [1.29, 1.82) is 0 Å². The first kappa shape index (κ1) is 20.2. The molecular weight excluding hydrogens is 439 g/mol. The number of nitrogens with zero attached hydrogens (tertiary/aromatic N) is 1. The van der Waals surface area contributed by atoms with E-state index in [4.69, 9.17) is 11.6 Å². The Balaban J connectivity index is 0.00000288. The molecule has 0 aliphatic rings. The van der Waals surface area contributed by atoms with Crippen molar-refractivity contribution in [2.24, 2.45) is 4.99 Å². The molecular formula is C17H20ClIN4O. The molecule has 3 N–H and O–H groups in total. The number of halogens is 2. The second-order valence-electron chi connectivity index (χ2n) is 4.82. The van der Waals surface area contributed by atoms with Crippen LogP contribution in [0.25, 0.3) is 0 Å². The first-order valence-corrected chi connectivity index (χ1v) is 7.59. The molecule has 2 rings (SSSR count). The van der Waals surface area contributed by atoms with Crippen molar-refractivity contribution in [1.82, 2.24) is 10.6 Å². The van der Waals surface area contributed by atoms with Crippen LogP contribution in [0.3, 0.4) is 0 Å². The smallest absolute Gasteiger partial charge is 0.243 e. The van der Waals surface area contributed by atoms with Gasteiger partial charge in [-0.15, -0.1) is 24.0 Å². The summed E-state index contributed by atoms with van der Waals surface area (Å²) in [4.78, 5) is 16.0. The van der Waals surface area contributed by atoms with Crippen molar-refractivity contribution in [2.75, 3.05) is 18.9 Å². The van der Waals surface area contributed by atoms with Gasteiger partial charge < -0.3 is 16.0 Å². The molecule has 0 aromatic heterocycles. The Bertz CT molecular complexity index is 662.